The lowest BCUT2D eigenvalue weighted by Gasteiger charge is -2.07. The quantitative estimate of drug-likeness (QED) is 0.813. The van der Waals surface area contributed by atoms with Gasteiger partial charge in [-0.15, -0.1) is 0 Å². The van der Waals surface area contributed by atoms with Gasteiger partial charge in [-0.25, -0.2) is 0 Å². The number of fused-ring (bicyclic) bond motifs is 1. The van der Waals surface area contributed by atoms with Crippen LogP contribution in [0.1, 0.15) is 38.3 Å². The average Bonchev–Trinajstić information content (AvgIpc) is 3.13. The third-order valence-corrected chi connectivity index (χ3v) is 5.61. The van der Waals surface area contributed by atoms with Crippen molar-refractivity contribution in [3.05, 3.63) is 30.0 Å². The molecule has 1 aromatic carbocycles. The number of ketones is 1. The predicted molar refractivity (Wildman–Crippen MR) is 88.8 cm³/mol. The van der Waals surface area contributed by atoms with Gasteiger partial charge in [0, 0.05) is 17.2 Å². The van der Waals surface area contributed by atoms with Gasteiger partial charge in [-0.1, -0.05) is 31.0 Å². The summed E-state index contributed by atoms with van der Waals surface area (Å²) < 4.78 is 1.99. The van der Waals surface area contributed by atoms with Crippen LogP contribution in [0.3, 0.4) is 0 Å². The number of aryl methyl sites for hydroxylation is 1. The summed E-state index contributed by atoms with van der Waals surface area (Å²) in [4.78, 5) is 12.2. The van der Waals surface area contributed by atoms with Crippen LogP contribution in [0.25, 0.3) is 10.9 Å². The van der Waals surface area contributed by atoms with Crippen LogP contribution >= 0.6 is 11.8 Å². The third kappa shape index (κ3) is 3.31. The monoisotopic (exact) mass is 302 g/mol. The molecule has 0 saturated heterocycles. The summed E-state index contributed by atoms with van der Waals surface area (Å²) in [6, 6.07) is 8.19. The number of aromatic nitrogens is 2. The number of benzene rings is 1. The highest BCUT2D eigenvalue weighted by molar-refractivity contribution is 8.00. The second kappa shape index (κ2) is 6.65. The maximum absolute atomic E-state index is 12.2. The van der Waals surface area contributed by atoms with Gasteiger partial charge in [-0.3, -0.25) is 9.48 Å². The fourth-order valence-corrected chi connectivity index (χ4v) is 4.26. The zero-order chi connectivity index (χ0) is 14.7. The summed E-state index contributed by atoms with van der Waals surface area (Å²) in [6.45, 7) is 2.92. The summed E-state index contributed by atoms with van der Waals surface area (Å²) in [5.41, 5.74) is 2.07. The summed E-state index contributed by atoms with van der Waals surface area (Å²) >= 11 is 1.85. The number of Topliss-reactive ketones (excluding diaryl/α,β-unsaturated/α-hetero) is 1. The average molecular weight is 302 g/mol. The number of hydrogen-bond donors (Lipinski definition) is 0. The van der Waals surface area contributed by atoms with Crippen molar-refractivity contribution in [2.24, 2.45) is 0 Å². The van der Waals surface area contributed by atoms with Crippen molar-refractivity contribution in [2.45, 2.75) is 50.8 Å². The Bertz CT molecular complexity index is 629. The zero-order valence-corrected chi connectivity index (χ0v) is 13.4. The van der Waals surface area contributed by atoms with E-state index in [0.717, 1.165) is 23.1 Å². The highest BCUT2D eigenvalue weighted by Gasteiger charge is 2.18. The molecule has 0 unspecified atom stereocenters. The molecule has 0 spiro atoms. The van der Waals surface area contributed by atoms with E-state index in [0.29, 0.717) is 23.2 Å². The Morgan fingerprint density at radius 1 is 1.33 bits per heavy atom. The smallest absolute Gasteiger partial charge is 0.148 e. The Kier molecular flexibility index (Phi) is 4.63. The number of hydrogen-bond acceptors (Lipinski definition) is 3. The molecule has 1 aliphatic carbocycles. The minimum atomic E-state index is 0.304. The zero-order valence-electron chi connectivity index (χ0n) is 12.5. The highest BCUT2D eigenvalue weighted by atomic mass is 32.2. The number of para-hydroxylation sites is 1. The fourth-order valence-electron chi connectivity index (χ4n) is 3.07. The molecule has 1 aromatic heterocycles. The normalized spacial score (nSPS) is 15.9. The topological polar surface area (TPSA) is 34.9 Å². The van der Waals surface area contributed by atoms with Crippen molar-refractivity contribution in [1.82, 2.24) is 9.78 Å². The molecule has 1 fully saturated rings. The van der Waals surface area contributed by atoms with Crippen LogP contribution in [-0.4, -0.2) is 26.6 Å². The summed E-state index contributed by atoms with van der Waals surface area (Å²) in [6.07, 6.45) is 5.69. The number of carbonyl (C=O) groups is 1. The molecule has 0 N–H and O–H groups in total. The SMILES string of the molecule is CCn1nc(CC(=O)CSC2CCCC2)c2ccccc21. The Morgan fingerprint density at radius 3 is 2.86 bits per heavy atom. The molecule has 1 saturated carbocycles. The molecule has 0 amide bonds. The molecule has 3 rings (SSSR count). The predicted octanol–water partition coefficient (Wildman–Crippen LogP) is 3.84. The first kappa shape index (κ1) is 14.6. The Balaban J connectivity index is 1.67. The number of nitrogens with zero attached hydrogens (tertiary/aromatic N) is 2. The van der Waals surface area contributed by atoms with Gasteiger partial charge < -0.3 is 0 Å². The standard InChI is InChI=1S/C17H22N2OS/c1-2-19-17-10-6-5-9-15(17)16(18-19)11-13(20)12-21-14-7-3-4-8-14/h5-6,9-10,14H,2-4,7-8,11-12H2,1H3. The van der Waals surface area contributed by atoms with Crippen LogP contribution in [0, 0.1) is 0 Å². The van der Waals surface area contributed by atoms with Crippen LogP contribution in [0.4, 0.5) is 0 Å². The van der Waals surface area contributed by atoms with E-state index in [2.05, 4.69) is 24.2 Å². The lowest BCUT2D eigenvalue weighted by atomic mass is 10.1. The van der Waals surface area contributed by atoms with Crippen molar-refractivity contribution in [3.8, 4) is 0 Å². The Labute approximate surface area is 130 Å². The van der Waals surface area contributed by atoms with Crippen molar-refractivity contribution < 1.29 is 4.79 Å². The van der Waals surface area contributed by atoms with Gasteiger partial charge in [0.1, 0.15) is 5.78 Å². The first-order chi connectivity index (χ1) is 10.3. The molecular weight excluding hydrogens is 280 g/mol. The summed E-state index contributed by atoms with van der Waals surface area (Å²) in [7, 11) is 0. The van der Waals surface area contributed by atoms with E-state index in [-0.39, 0.29) is 0 Å². The molecular formula is C17H22N2OS. The molecule has 1 aliphatic rings. The van der Waals surface area contributed by atoms with Gasteiger partial charge in [0.05, 0.1) is 23.4 Å². The lowest BCUT2D eigenvalue weighted by molar-refractivity contribution is -0.116. The second-order valence-electron chi connectivity index (χ2n) is 5.71. The van der Waals surface area contributed by atoms with Crippen molar-refractivity contribution >= 4 is 28.4 Å². The molecule has 112 valence electrons. The summed E-state index contributed by atoms with van der Waals surface area (Å²) in [5, 5.41) is 6.45. The minimum absolute atomic E-state index is 0.304. The maximum atomic E-state index is 12.2. The van der Waals surface area contributed by atoms with Gasteiger partial charge in [0.15, 0.2) is 0 Å². The summed E-state index contributed by atoms with van der Waals surface area (Å²) in [5.74, 6) is 0.941. The first-order valence-electron chi connectivity index (χ1n) is 7.85. The molecule has 21 heavy (non-hydrogen) atoms. The van der Waals surface area contributed by atoms with E-state index in [4.69, 9.17) is 0 Å². The first-order valence-corrected chi connectivity index (χ1v) is 8.90. The van der Waals surface area contributed by atoms with Crippen LogP contribution in [0.15, 0.2) is 24.3 Å². The van der Waals surface area contributed by atoms with E-state index in [9.17, 15) is 4.79 Å². The molecule has 0 radical (unpaired) electrons. The van der Waals surface area contributed by atoms with Gasteiger partial charge in [-0.05, 0) is 25.8 Å². The Hall–Kier alpha value is -1.29. The highest BCUT2D eigenvalue weighted by Crippen LogP contribution is 2.29. The van der Waals surface area contributed by atoms with Crippen LogP contribution in [-0.2, 0) is 17.8 Å². The van der Waals surface area contributed by atoms with E-state index in [1.54, 1.807) is 0 Å². The Morgan fingerprint density at radius 2 is 2.10 bits per heavy atom. The molecule has 0 atom stereocenters. The number of thioether (sulfide) groups is 1. The van der Waals surface area contributed by atoms with E-state index >= 15 is 0 Å². The van der Waals surface area contributed by atoms with Gasteiger partial charge in [0.2, 0.25) is 0 Å². The van der Waals surface area contributed by atoms with Gasteiger partial charge in [0.25, 0.3) is 0 Å². The molecule has 2 aromatic rings. The van der Waals surface area contributed by atoms with Crippen LogP contribution in [0.5, 0.6) is 0 Å². The molecule has 1 heterocycles. The lowest BCUT2D eigenvalue weighted by Crippen LogP contribution is -2.10. The van der Waals surface area contributed by atoms with Crippen LogP contribution in [0.2, 0.25) is 0 Å². The maximum Gasteiger partial charge on any atom is 0.148 e. The number of carbonyl (C=O) groups excluding carboxylic acids is 1. The van der Waals surface area contributed by atoms with Crippen LogP contribution < -0.4 is 0 Å². The number of rotatable bonds is 6. The van der Waals surface area contributed by atoms with Crippen molar-refractivity contribution in [3.63, 3.8) is 0 Å². The largest absolute Gasteiger partial charge is 0.298 e. The molecule has 0 aliphatic heterocycles. The third-order valence-electron chi connectivity index (χ3n) is 4.18. The molecule has 3 nitrogen and oxygen atoms in total. The van der Waals surface area contributed by atoms with Gasteiger partial charge in [-0.2, -0.15) is 16.9 Å². The van der Waals surface area contributed by atoms with Gasteiger partial charge >= 0.3 is 0 Å². The van der Waals surface area contributed by atoms with Crippen molar-refractivity contribution in [1.29, 1.82) is 0 Å². The van der Waals surface area contributed by atoms with E-state index < -0.39 is 0 Å². The van der Waals surface area contributed by atoms with E-state index in [1.807, 2.05) is 28.6 Å². The minimum Gasteiger partial charge on any atom is -0.298 e. The fraction of sp³-hybridized carbons (Fsp3) is 0.529. The molecule has 0 bridgehead atoms. The second-order valence-corrected chi connectivity index (χ2v) is 7.00. The van der Waals surface area contributed by atoms with Crippen molar-refractivity contribution in [2.75, 3.05) is 5.75 Å². The van der Waals surface area contributed by atoms with E-state index in [1.165, 1.54) is 25.7 Å². The molecule has 4 heteroatoms.